The molecule has 4 rings (SSSR count). The molecule has 1 aliphatic heterocycles. The third-order valence-electron chi connectivity index (χ3n) is 4.56. The Labute approximate surface area is 151 Å². The number of hydrogen-bond acceptors (Lipinski definition) is 5. The average molecular weight is 348 g/mol. The van der Waals surface area contributed by atoms with Crippen molar-refractivity contribution in [1.29, 1.82) is 0 Å². The summed E-state index contributed by atoms with van der Waals surface area (Å²) in [6, 6.07) is 13.4. The zero-order valence-corrected chi connectivity index (χ0v) is 14.6. The van der Waals surface area contributed by atoms with Gasteiger partial charge in [-0.1, -0.05) is 30.3 Å². The number of benzene rings is 1. The van der Waals surface area contributed by atoms with E-state index in [4.69, 9.17) is 0 Å². The minimum Gasteiger partial charge on any atom is -0.357 e. The largest absolute Gasteiger partial charge is 0.357 e. The molecule has 1 saturated heterocycles. The molecule has 0 saturated carbocycles. The van der Waals surface area contributed by atoms with Crippen molar-refractivity contribution < 1.29 is 4.79 Å². The number of nitrogens with one attached hydrogen (secondary N) is 2. The third kappa shape index (κ3) is 3.15. The molecule has 0 unspecified atom stereocenters. The van der Waals surface area contributed by atoms with Crippen molar-refractivity contribution in [2.75, 3.05) is 23.3 Å². The summed E-state index contributed by atoms with van der Waals surface area (Å²) in [4.78, 5) is 19.6. The van der Waals surface area contributed by atoms with Crippen LogP contribution in [0.25, 0.3) is 11.3 Å². The maximum atomic E-state index is 12.7. The van der Waals surface area contributed by atoms with Crippen molar-refractivity contribution in [2.24, 2.45) is 0 Å². The summed E-state index contributed by atoms with van der Waals surface area (Å²) in [7, 11) is 0. The van der Waals surface area contributed by atoms with Crippen LogP contribution >= 0.6 is 0 Å². The number of aromatic amines is 1. The summed E-state index contributed by atoms with van der Waals surface area (Å²) >= 11 is 0. The molecule has 3 heterocycles. The van der Waals surface area contributed by atoms with Gasteiger partial charge in [0.1, 0.15) is 11.5 Å². The molecule has 0 spiro atoms. The Morgan fingerprint density at radius 3 is 2.58 bits per heavy atom. The molecule has 3 aromatic rings. The van der Waals surface area contributed by atoms with Gasteiger partial charge in [-0.15, -0.1) is 0 Å². The Bertz CT molecular complexity index is 915. The quantitative estimate of drug-likeness (QED) is 0.757. The fourth-order valence-electron chi connectivity index (χ4n) is 3.17. The molecular weight excluding hydrogens is 328 g/mol. The van der Waals surface area contributed by atoms with Crippen LogP contribution in [-0.4, -0.2) is 39.4 Å². The summed E-state index contributed by atoms with van der Waals surface area (Å²) in [6.07, 6.45) is 2.40. The summed E-state index contributed by atoms with van der Waals surface area (Å²) < 4.78 is 0. The zero-order valence-electron chi connectivity index (χ0n) is 14.6. The summed E-state index contributed by atoms with van der Waals surface area (Å²) in [5.41, 5.74) is 3.10. The summed E-state index contributed by atoms with van der Waals surface area (Å²) in [6.45, 7) is 3.98. The number of hydrogen-bond donors (Lipinski definition) is 2. The number of amides is 1. The first-order chi connectivity index (χ1) is 12.7. The lowest BCUT2D eigenvalue weighted by atomic mass is 10.1. The van der Waals surface area contributed by atoms with Gasteiger partial charge in [0.25, 0.3) is 5.91 Å². The Kier molecular flexibility index (Phi) is 4.35. The number of pyridine rings is 1. The van der Waals surface area contributed by atoms with Gasteiger partial charge in [-0.25, -0.2) is 4.98 Å². The molecule has 0 bridgehead atoms. The molecule has 1 aromatic carbocycles. The molecule has 2 N–H and O–H groups in total. The molecule has 0 radical (unpaired) electrons. The molecule has 132 valence electrons. The van der Waals surface area contributed by atoms with Gasteiger partial charge in [-0.05, 0) is 31.9 Å². The first-order valence-corrected chi connectivity index (χ1v) is 8.72. The summed E-state index contributed by atoms with van der Waals surface area (Å²) in [5.74, 6) is 0.654. The first kappa shape index (κ1) is 16.3. The van der Waals surface area contributed by atoms with Crippen LogP contribution in [0, 0.1) is 6.92 Å². The number of carbonyl (C=O) groups excluding carboxylic acids is 1. The molecule has 7 nitrogen and oxygen atoms in total. The van der Waals surface area contributed by atoms with Crippen molar-refractivity contribution in [2.45, 2.75) is 19.8 Å². The zero-order chi connectivity index (χ0) is 17.9. The monoisotopic (exact) mass is 348 g/mol. The van der Waals surface area contributed by atoms with Crippen LogP contribution in [0.1, 0.15) is 29.0 Å². The smallest absolute Gasteiger partial charge is 0.278 e. The Morgan fingerprint density at radius 1 is 1.08 bits per heavy atom. The molecular formula is C19H20N6O. The van der Waals surface area contributed by atoms with Crippen LogP contribution in [0.3, 0.4) is 0 Å². The standard InChI is InChI=1S/C19H20N6O/c1-13-15(9-10-16(20-13)25-11-5-6-12-25)21-19(26)18-17(22-24-23-18)14-7-3-2-4-8-14/h2-4,7-10H,5-6,11-12H2,1H3,(H,21,26)(H,22,23,24). The average Bonchev–Trinajstić information content (AvgIpc) is 3.36. The highest BCUT2D eigenvalue weighted by molar-refractivity contribution is 6.06. The van der Waals surface area contributed by atoms with E-state index < -0.39 is 0 Å². The van der Waals surface area contributed by atoms with E-state index in [0.29, 0.717) is 11.4 Å². The molecule has 26 heavy (non-hydrogen) atoms. The van der Waals surface area contributed by atoms with Gasteiger partial charge in [0, 0.05) is 18.7 Å². The van der Waals surface area contributed by atoms with Crippen molar-refractivity contribution >= 4 is 17.4 Å². The maximum Gasteiger partial charge on any atom is 0.278 e. The van der Waals surface area contributed by atoms with Crippen molar-refractivity contribution in [3.8, 4) is 11.3 Å². The minimum absolute atomic E-state index is 0.263. The Balaban J connectivity index is 1.55. The van der Waals surface area contributed by atoms with Gasteiger partial charge >= 0.3 is 0 Å². The summed E-state index contributed by atoms with van der Waals surface area (Å²) in [5, 5.41) is 13.6. The van der Waals surface area contributed by atoms with E-state index >= 15 is 0 Å². The molecule has 0 aliphatic carbocycles. The van der Waals surface area contributed by atoms with E-state index in [1.807, 2.05) is 49.4 Å². The molecule has 0 atom stereocenters. The van der Waals surface area contributed by atoms with Crippen LogP contribution in [0.4, 0.5) is 11.5 Å². The molecule has 2 aromatic heterocycles. The van der Waals surface area contributed by atoms with Crippen LogP contribution in [0.15, 0.2) is 42.5 Å². The highest BCUT2D eigenvalue weighted by Crippen LogP contribution is 2.24. The Morgan fingerprint density at radius 2 is 1.85 bits per heavy atom. The number of rotatable bonds is 4. The van der Waals surface area contributed by atoms with E-state index in [0.717, 1.165) is 30.2 Å². The van der Waals surface area contributed by atoms with Gasteiger partial charge in [-0.3, -0.25) is 4.79 Å². The van der Waals surface area contributed by atoms with E-state index in [-0.39, 0.29) is 11.6 Å². The van der Waals surface area contributed by atoms with Gasteiger partial charge in [0.2, 0.25) is 0 Å². The number of carbonyl (C=O) groups is 1. The van der Waals surface area contributed by atoms with Crippen LogP contribution < -0.4 is 10.2 Å². The first-order valence-electron chi connectivity index (χ1n) is 8.72. The maximum absolute atomic E-state index is 12.7. The van der Waals surface area contributed by atoms with Crippen molar-refractivity contribution in [1.82, 2.24) is 20.4 Å². The second-order valence-corrected chi connectivity index (χ2v) is 6.34. The van der Waals surface area contributed by atoms with E-state index in [1.54, 1.807) is 0 Å². The highest BCUT2D eigenvalue weighted by Gasteiger charge is 2.19. The lowest BCUT2D eigenvalue weighted by Crippen LogP contribution is -2.20. The van der Waals surface area contributed by atoms with Gasteiger partial charge in [0.15, 0.2) is 5.69 Å². The number of nitrogens with zero attached hydrogens (tertiary/aromatic N) is 4. The van der Waals surface area contributed by atoms with Crippen LogP contribution in [0.5, 0.6) is 0 Å². The molecule has 1 aliphatic rings. The highest BCUT2D eigenvalue weighted by atomic mass is 16.2. The molecule has 1 fully saturated rings. The minimum atomic E-state index is -0.309. The molecule has 1 amide bonds. The number of aromatic nitrogens is 4. The van der Waals surface area contributed by atoms with E-state index in [1.165, 1.54) is 12.8 Å². The Hall–Kier alpha value is -3.22. The van der Waals surface area contributed by atoms with Gasteiger partial charge in [0.05, 0.1) is 11.4 Å². The van der Waals surface area contributed by atoms with E-state index in [9.17, 15) is 4.79 Å². The van der Waals surface area contributed by atoms with Crippen LogP contribution in [-0.2, 0) is 0 Å². The lowest BCUT2D eigenvalue weighted by molar-refractivity contribution is 0.102. The van der Waals surface area contributed by atoms with Crippen molar-refractivity contribution in [3.05, 3.63) is 53.9 Å². The fourth-order valence-corrected chi connectivity index (χ4v) is 3.17. The second kappa shape index (κ2) is 6.95. The van der Waals surface area contributed by atoms with E-state index in [2.05, 4.69) is 30.6 Å². The predicted octanol–water partition coefficient (Wildman–Crippen LogP) is 3.03. The predicted molar refractivity (Wildman–Crippen MR) is 100 cm³/mol. The normalized spacial score (nSPS) is 13.8. The third-order valence-corrected chi connectivity index (χ3v) is 4.56. The fraction of sp³-hybridized carbons (Fsp3) is 0.263. The number of H-pyrrole nitrogens is 1. The number of anilines is 2. The van der Waals surface area contributed by atoms with Gasteiger partial charge < -0.3 is 10.2 Å². The topological polar surface area (TPSA) is 86.8 Å². The van der Waals surface area contributed by atoms with Gasteiger partial charge in [-0.2, -0.15) is 15.4 Å². The molecule has 7 heteroatoms. The second-order valence-electron chi connectivity index (χ2n) is 6.34. The van der Waals surface area contributed by atoms with Crippen LogP contribution in [0.2, 0.25) is 0 Å². The SMILES string of the molecule is Cc1nc(N2CCCC2)ccc1NC(=O)c1n[nH]nc1-c1ccccc1. The van der Waals surface area contributed by atoms with Crippen molar-refractivity contribution in [3.63, 3.8) is 0 Å². The number of aryl methyl sites for hydroxylation is 1. The lowest BCUT2D eigenvalue weighted by Gasteiger charge is -2.18.